The minimum Gasteiger partial charge on any atom is -0.465 e. The molecule has 1 aliphatic rings. The highest BCUT2D eigenvalue weighted by Gasteiger charge is 2.54. The third kappa shape index (κ3) is 3.51. The first kappa shape index (κ1) is 19.7. The number of esters is 2. The van der Waals surface area contributed by atoms with Gasteiger partial charge in [0.1, 0.15) is 0 Å². The summed E-state index contributed by atoms with van der Waals surface area (Å²) < 4.78 is 10.5. The van der Waals surface area contributed by atoms with Gasteiger partial charge in [-0.2, -0.15) is 0 Å². The highest BCUT2D eigenvalue weighted by atomic mass is 28.3. The molecule has 1 aromatic rings. The third-order valence-corrected chi connectivity index (χ3v) is 6.84. The molecule has 1 N–H and O–H groups in total. The maximum Gasteiger partial charge on any atom is 0.324 e. The summed E-state index contributed by atoms with van der Waals surface area (Å²) in [4.78, 5) is 25.4. The quantitative estimate of drug-likeness (QED) is 0.474. The summed E-state index contributed by atoms with van der Waals surface area (Å²) in [5.41, 5.74) is 1.58. The molecule has 0 atom stereocenters. The van der Waals surface area contributed by atoms with Gasteiger partial charge in [0.05, 0.1) is 27.9 Å². The molecule has 6 heteroatoms. The Hall–Kier alpha value is -1.66. The first-order valence-electron chi connectivity index (χ1n) is 8.80. The summed E-state index contributed by atoms with van der Waals surface area (Å²) in [7, 11) is -1.79. The van der Waals surface area contributed by atoms with E-state index in [0.717, 1.165) is 21.9 Å². The molecule has 0 bridgehead atoms. The molecule has 0 fully saturated rings. The lowest BCUT2D eigenvalue weighted by Crippen LogP contribution is -2.45. The van der Waals surface area contributed by atoms with E-state index in [-0.39, 0.29) is 26.2 Å². The van der Waals surface area contributed by atoms with Gasteiger partial charge in [-0.1, -0.05) is 37.0 Å². The van der Waals surface area contributed by atoms with Crippen molar-refractivity contribution in [2.75, 3.05) is 13.2 Å². The largest absolute Gasteiger partial charge is 0.465 e. The molecule has 0 spiro atoms. The van der Waals surface area contributed by atoms with Gasteiger partial charge in [0.2, 0.25) is 0 Å². The number of ether oxygens (including phenoxy) is 2. The zero-order chi connectivity index (χ0) is 18.8. The van der Waals surface area contributed by atoms with Gasteiger partial charge in [0.25, 0.3) is 0 Å². The lowest BCUT2D eigenvalue weighted by molar-refractivity contribution is -0.171. The summed E-state index contributed by atoms with van der Waals surface area (Å²) in [6.07, 6.45) is 0.580. The van der Waals surface area contributed by atoms with Crippen LogP contribution in [0.5, 0.6) is 0 Å². The van der Waals surface area contributed by atoms with Crippen LogP contribution in [0.15, 0.2) is 12.1 Å². The monoisotopic (exact) mass is 364 g/mol. The van der Waals surface area contributed by atoms with Crippen LogP contribution in [-0.2, 0) is 38.5 Å². The predicted octanol–water partition coefficient (Wildman–Crippen LogP) is 1.94. The molecular weight excluding hydrogens is 336 g/mol. The first-order valence-corrected chi connectivity index (χ1v) is 12.3. The molecule has 138 valence electrons. The summed E-state index contributed by atoms with van der Waals surface area (Å²) in [5.74, 6) is -1.03. The second-order valence-electron chi connectivity index (χ2n) is 7.52. The van der Waals surface area contributed by atoms with Crippen LogP contribution < -0.4 is 5.19 Å². The Morgan fingerprint density at radius 3 is 2.08 bits per heavy atom. The number of hydrogen-bond acceptors (Lipinski definition) is 5. The van der Waals surface area contributed by atoms with E-state index in [0.29, 0.717) is 6.42 Å². The van der Waals surface area contributed by atoms with Gasteiger partial charge in [0, 0.05) is 0 Å². The molecule has 1 aliphatic carbocycles. The van der Waals surface area contributed by atoms with Crippen molar-refractivity contribution >= 4 is 25.2 Å². The van der Waals surface area contributed by atoms with Crippen LogP contribution in [-0.4, -0.2) is 38.3 Å². The topological polar surface area (TPSA) is 72.8 Å². The zero-order valence-corrected chi connectivity index (χ0v) is 16.8. The van der Waals surface area contributed by atoms with E-state index >= 15 is 0 Å². The van der Waals surface area contributed by atoms with Crippen LogP contribution in [0.25, 0.3) is 0 Å². The SMILES string of the molecule is CCOC(=O)C1(C(=O)OCC)Cc2ccc(CO)c([Si](C)(C)C)c2C1. The van der Waals surface area contributed by atoms with E-state index < -0.39 is 25.4 Å². The Balaban J connectivity index is 2.59. The molecule has 0 saturated carbocycles. The van der Waals surface area contributed by atoms with Gasteiger partial charge in [-0.15, -0.1) is 0 Å². The lowest BCUT2D eigenvalue weighted by atomic mass is 9.84. The van der Waals surface area contributed by atoms with Crippen LogP contribution in [0.4, 0.5) is 0 Å². The molecule has 0 aliphatic heterocycles. The van der Waals surface area contributed by atoms with Gasteiger partial charge >= 0.3 is 11.9 Å². The van der Waals surface area contributed by atoms with Crippen molar-refractivity contribution in [1.82, 2.24) is 0 Å². The van der Waals surface area contributed by atoms with Crippen LogP contribution in [0.3, 0.4) is 0 Å². The van der Waals surface area contributed by atoms with Crippen molar-refractivity contribution in [3.8, 4) is 0 Å². The minimum atomic E-state index is -1.79. The fourth-order valence-electron chi connectivity index (χ4n) is 3.77. The standard InChI is InChI=1S/C19H28O5Si/c1-6-23-17(21)19(18(22)24-7-2)10-13-8-9-14(12-20)16(15(13)11-19)25(3,4)5/h8-9,20H,6-7,10-12H2,1-5H3. The van der Waals surface area contributed by atoms with E-state index in [9.17, 15) is 14.7 Å². The number of benzene rings is 1. The number of fused-ring (bicyclic) bond motifs is 1. The van der Waals surface area contributed by atoms with Gasteiger partial charge in [-0.05, 0) is 43.4 Å². The van der Waals surface area contributed by atoms with Crippen molar-refractivity contribution in [3.63, 3.8) is 0 Å². The second kappa shape index (κ2) is 7.29. The van der Waals surface area contributed by atoms with E-state index in [4.69, 9.17) is 9.47 Å². The van der Waals surface area contributed by atoms with Crippen molar-refractivity contribution in [3.05, 3.63) is 28.8 Å². The number of carbonyl (C=O) groups is 2. The number of aliphatic hydroxyl groups is 1. The fourth-order valence-corrected chi connectivity index (χ4v) is 6.05. The van der Waals surface area contributed by atoms with Gasteiger partial charge < -0.3 is 14.6 Å². The molecule has 0 unspecified atom stereocenters. The summed E-state index contributed by atoms with van der Waals surface area (Å²) >= 11 is 0. The Labute approximate surface area is 150 Å². The average Bonchev–Trinajstić information content (AvgIpc) is 2.93. The van der Waals surface area contributed by atoms with Crippen LogP contribution in [0.1, 0.15) is 30.5 Å². The number of aliphatic hydroxyl groups excluding tert-OH is 1. The van der Waals surface area contributed by atoms with Gasteiger partial charge in [-0.3, -0.25) is 9.59 Å². The Morgan fingerprint density at radius 2 is 1.64 bits per heavy atom. The molecule has 0 aromatic heterocycles. The Kier molecular flexibility index (Phi) is 5.74. The Morgan fingerprint density at radius 1 is 1.08 bits per heavy atom. The van der Waals surface area contributed by atoms with E-state index in [2.05, 4.69) is 19.6 Å². The van der Waals surface area contributed by atoms with E-state index in [1.165, 1.54) is 0 Å². The number of rotatable bonds is 6. The molecule has 1 aromatic carbocycles. The van der Waals surface area contributed by atoms with Gasteiger partial charge in [0.15, 0.2) is 5.41 Å². The Bertz CT molecular complexity index is 657. The summed E-state index contributed by atoms with van der Waals surface area (Å²) in [5, 5.41) is 10.9. The zero-order valence-electron chi connectivity index (χ0n) is 15.8. The second-order valence-corrected chi connectivity index (χ2v) is 12.5. The maximum absolute atomic E-state index is 12.7. The fraction of sp³-hybridized carbons (Fsp3) is 0.579. The highest BCUT2D eigenvalue weighted by molar-refractivity contribution is 6.89. The molecule has 0 radical (unpaired) electrons. The predicted molar refractivity (Wildman–Crippen MR) is 98.5 cm³/mol. The normalized spacial score (nSPS) is 15.6. The van der Waals surface area contributed by atoms with Crippen LogP contribution in [0.2, 0.25) is 19.6 Å². The molecule has 0 heterocycles. The molecular formula is C19H28O5Si. The molecule has 0 amide bonds. The maximum atomic E-state index is 12.7. The van der Waals surface area contributed by atoms with Crippen molar-refractivity contribution in [2.24, 2.45) is 5.41 Å². The molecule has 2 rings (SSSR count). The number of carbonyl (C=O) groups excluding carboxylic acids is 2. The number of hydrogen-bond donors (Lipinski definition) is 1. The lowest BCUT2D eigenvalue weighted by Gasteiger charge is -2.26. The highest BCUT2D eigenvalue weighted by Crippen LogP contribution is 2.40. The smallest absolute Gasteiger partial charge is 0.324 e. The molecule has 5 nitrogen and oxygen atoms in total. The molecule has 25 heavy (non-hydrogen) atoms. The third-order valence-electron chi connectivity index (χ3n) is 4.72. The molecule has 0 saturated heterocycles. The summed E-state index contributed by atoms with van der Waals surface area (Å²) in [6, 6.07) is 3.84. The van der Waals surface area contributed by atoms with Crippen molar-refractivity contribution in [2.45, 2.75) is 52.9 Å². The average molecular weight is 365 g/mol. The van der Waals surface area contributed by atoms with Crippen LogP contribution in [0, 0.1) is 5.41 Å². The van der Waals surface area contributed by atoms with E-state index in [1.807, 2.05) is 12.1 Å². The minimum absolute atomic E-state index is 0.0430. The van der Waals surface area contributed by atoms with Crippen molar-refractivity contribution in [1.29, 1.82) is 0 Å². The summed E-state index contributed by atoms with van der Waals surface area (Å²) in [6.45, 7) is 10.5. The first-order chi connectivity index (χ1) is 11.7. The van der Waals surface area contributed by atoms with Crippen molar-refractivity contribution < 1.29 is 24.2 Å². The van der Waals surface area contributed by atoms with Gasteiger partial charge in [-0.25, -0.2) is 0 Å². The van der Waals surface area contributed by atoms with E-state index in [1.54, 1.807) is 13.8 Å². The van der Waals surface area contributed by atoms with Crippen LogP contribution >= 0.6 is 0 Å².